The van der Waals surface area contributed by atoms with Crippen LogP contribution in [0.2, 0.25) is 0 Å². The second kappa shape index (κ2) is 10.8. The van der Waals surface area contributed by atoms with Crippen molar-refractivity contribution >= 4 is 17.3 Å². The number of rotatable bonds is 9. The molecule has 2 nitrogen and oxygen atoms in total. The monoisotopic (exact) mass is 404 g/mol. The third-order valence-electron chi connectivity index (χ3n) is 4.82. The van der Waals surface area contributed by atoms with Crippen molar-refractivity contribution in [2.45, 2.75) is 46.0 Å². The Morgan fingerprint density at radius 2 is 1.52 bits per heavy atom. The van der Waals surface area contributed by atoms with Gasteiger partial charge in [-0.2, -0.15) is 0 Å². The molecular weight excluding hydrogens is 376 g/mol. The molecule has 1 heterocycles. The van der Waals surface area contributed by atoms with Crippen LogP contribution in [-0.2, 0) is 11.2 Å². The van der Waals surface area contributed by atoms with Gasteiger partial charge in [0, 0.05) is 15.8 Å². The van der Waals surface area contributed by atoms with Gasteiger partial charge in [-0.3, -0.25) is 0 Å². The topological polar surface area (TPSA) is 26.3 Å². The highest BCUT2D eigenvalue weighted by atomic mass is 32.1. The Morgan fingerprint density at radius 3 is 2.17 bits per heavy atom. The summed E-state index contributed by atoms with van der Waals surface area (Å²) in [7, 11) is 0. The van der Waals surface area contributed by atoms with Crippen LogP contribution >= 0.6 is 11.3 Å². The van der Waals surface area contributed by atoms with Crippen LogP contribution in [0, 0.1) is 0 Å². The number of aryl methyl sites for hydroxylation is 1. The maximum absolute atomic E-state index is 11.5. The van der Waals surface area contributed by atoms with Crippen molar-refractivity contribution in [3.63, 3.8) is 0 Å². The Balaban J connectivity index is 1.63. The zero-order valence-electron chi connectivity index (χ0n) is 17.2. The first-order valence-corrected chi connectivity index (χ1v) is 11.2. The van der Waals surface area contributed by atoms with E-state index in [-0.39, 0.29) is 5.97 Å². The van der Waals surface area contributed by atoms with Gasteiger partial charge in [0.1, 0.15) is 5.75 Å². The van der Waals surface area contributed by atoms with Gasteiger partial charge in [-0.05, 0) is 60.7 Å². The van der Waals surface area contributed by atoms with E-state index in [2.05, 4.69) is 43.3 Å². The van der Waals surface area contributed by atoms with Crippen LogP contribution in [-0.4, -0.2) is 5.97 Å². The zero-order chi connectivity index (χ0) is 20.5. The van der Waals surface area contributed by atoms with Crippen molar-refractivity contribution in [1.82, 2.24) is 0 Å². The summed E-state index contributed by atoms with van der Waals surface area (Å²) >= 11 is 1.90. The fraction of sp³-hybridized carbons (Fsp3) is 0.269. The second-order valence-corrected chi connectivity index (χ2v) is 8.27. The highest BCUT2D eigenvalue weighted by Gasteiger charge is 2.05. The number of unbranched alkanes of at least 4 members (excludes halogenated alkanes) is 3. The lowest BCUT2D eigenvalue weighted by Crippen LogP contribution is -2.03. The van der Waals surface area contributed by atoms with Crippen LogP contribution < -0.4 is 4.74 Å². The van der Waals surface area contributed by atoms with Crippen molar-refractivity contribution in [3.05, 3.63) is 77.7 Å². The number of allylic oxidation sites excluding steroid dienone is 1. The summed E-state index contributed by atoms with van der Waals surface area (Å²) in [5.74, 6) is 0.198. The van der Waals surface area contributed by atoms with Gasteiger partial charge in [-0.25, -0.2) is 4.79 Å². The Kier molecular flexibility index (Phi) is 7.83. The zero-order valence-corrected chi connectivity index (χ0v) is 18.0. The van der Waals surface area contributed by atoms with E-state index in [1.54, 1.807) is 13.0 Å². The molecule has 29 heavy (non-hydrogen) atoms. The van der Waals surface area contributed by atoms with Crippen LogP contribution in [0.25, 0.3) is 21.6 Å². The molecule has 0 atom stereocenters. The smallest absolute Gasteiger partial charge is 0.335 e. The van der Waals surface area contributed by atoms with Crippen LogP contribution in [0.3, 0.4) is 0 Å². The van der Waals surface area contributed by atoms with Gasteiger partial charge in [0.15, 0.2) is 0 Å². The highest BCUT2D eigenvalue weighted by molar-refractivity contribution is 7.15. The van der Waals surface area contributed by atoms with Gasteiger partial charge >= 0.3 is 5.97 Å². The molecule has 0 aliphatic rings. The number of esters is 1. The standard InChI is InChI=1S/C26H28O2S/c1-3-5-6-7-9-24-18-19-25(29-24)22-12-10-20(11-13-22)21-14-16-23(17-15-21)28-26(27)8-4-2/h4,8,10-19H,3,5-7,9H2,1-2H3/b8-4+. The Bertz CT molecular complexity index is 934. The van der Waals surface area contributed by atoms with Crippen LogP contribution in [0.5, 0.6) is 5.75 Å². The van der Waals surface area contributed by atoms with E-state index in [4.69, 9.17) is 4.74 Å². The van der Waals surface area contributed by atoms with Crippen molar-refractivity contribution in [3.8, 4) is 27.3 Å². The Hall–Kier alpha value is -2.65. The summed E-state index contributed by atoms with van der Waals surface area (Å²) in [4.78, 5) is 14.3. The van der Waals surface area contributed by atoms with Crippen molar-refractivity contribution in [1.29, 1.82) is 0 Å². The molecule has 0 aliphatic heterocycles. The molecule has 0 saturated heterocycles. The minimum Gasteiger partial charge on any atom is -0.423 e. The van der Waals surface area contributed by atoms with E-state index in [0.717, 1.165) is 11.1 Å². The Morgan fingerprint density at radius 1 is 0.862 bits per heavy atom. The van der Waals surface area contributed by atoms with E-state index >= 15 is 0 Å². The molecule has 2 aromatic carbocycles. The largest absolute Gasteiger partial charge is 0.423 e. The number of hydrogen-bond acceptors (Lipinski definition) is 3. The lowest BCUT2D eigenvalue weighted by atomic mass is 10.0. The summed E-state index contributed by atoms with van der Waals surface area (Å²) in [6.45, 7) is 4.04. The highest BCUT2D eigenvalue weighted by Crippen LogP contribution is 2.31. The molecule has 3 aromatic rings. The molecule has 3 rings (SSSR count). The van der Waals surface area contributed by atoms with E-state index in [1.807, 2.05) is 35.6 Å². The maximum Gasteiger partial charge on any atom is 0.335 e. The molecule has 3 heteroatoms. The molecular formula is C26H28O2S. The summed E-state index contributed by atoms with van der Waals surface area (Å²) in [6, 6.07) is 20.8. The van der Waals surface area contributed by atoms with Crippen LogP contribution in [0.1, 0.15) is 44.4 Å². The van der Waals surface area contributed by atoms with Gasteiger partial charge < -0.3 is 4.74 Å². The predicted molar refractivity (Wildman–Crippen MR) is 123 cm³/mol. The molecule has 0 saturated carbocycles. The number of carbonyl (C=O) groups is 1. The summed E-state index contributed by atoms with van der Waals surface area (Å²) in [6.07, 6.45) is 9.49. The molecule has 1 aromatic heterocycles. The van der Waals surface area contributed by atoms with Gasteiger partial charge in [-0.1, -0.05) is 68.7 Å². The average molecular weight is 405 g/mol. The summed E-state index contributed by atoms with van der Waals surface area (Å²) in [5, 5.41) is 0. The molecule has 0 bridgehead atoms. The quantitative estimate of drug-likeness (QED) is 0.158. The lowest BCUT2D eigenvalue weighted by molar-refractivity contribution is -0.129. The minimum atomic E-state index is -0.356. The van der Waals surface area contributed by atoms with E-state index in [1.165, 1.54) is 53.5 Å². The number of benzene rings is 2. The minimum absolute atomic E-state index is 0.356. The Labute approximate surface area is 177 Å². The molecule has 0 aliphatic carbocycles. The van der Waals surface area contributed by atoms with Crippen LogP contribution in [0.15, 0.2) is 72.8 Å². The number of thiophene rings is 1. The van der Waals surface area contributed by atoms with Gasteiger partial charge in [0.25, 0.3) is 0 Å². The first-order valence-electron chi connectivity index (χ1n) is 10.3. The van der Waals surface area contributed by atoms with Gasteiger partial charge in [0.2, 0.25) is 0 Å². The second-order valence-electron chi connectivity index (χ2n) is 7.10. The van der Waals surface area contributed by atoms with Crippen molar-refractivity contribution < 1.29 is 9.53 Å². The van der Waals surface area contributed by atoms with Crippen molar-refractivity contribution in [2.24, 2.45) is 0 Å². The fourth-order valence-electron chi connectivity index (χ4n) is 3.22. The first-order chi connectivity index (χ1) is 14.2. The molecule has 0 unspecified atom stereocenters. The maximum atomic E-state index is 11.5. The van der Waals surface area contributed by atoms with Crippen LogP contribution in [0.4, 0.5) is 0 Å². The third kappa shape index (κ3) is 6.16. The number of ether oxygens (including phenoxy) is 1. The molecule has 150 valence electrons. The molecule has 0 amide bonds. The molecule has 0 N–H and O–H groups in total. The molecule has 0 fully saturated rings. The normalized spacial score (nSPS) is 11.1. The summed E-state index contributed by atoms with van der Waals surface area (Å²) in [5.41, 5.74) is 3.51. The summed E-state index contributed by atoms with van der Waals surface area (Å²) < 4.78 is 5.24. The van der Waals surface area contributed by atoms with E-state index in [0.29, 0.717) is 5.75 Å². The first kappa shape index (κ1) is 21.1. The third-order valence-corrected chi connectivity index (χ3v) is 6.01. The molecule has 0 spiro atoms. The predicted octanol–water partition coefficient (Wildman–Crippen LogP) is 7.69. The van der Waals surface area contributed by atoms with E-state index < -0.39 is 0 Å². The van der Waals surface area contributed by atoms with E-state index in [9.17, 15) is 4.79 Å². The SMILES string of the molecule is C/C=C/C(=O)Oc1ccc(-c2ccc(-c3ccc(CCCCCC)s3)cc2)cc1. The van der Waals surface area contributed by atoms with Gasteiger partial charge in [0.05, 0.1) is 0 Å². The average Bonchev–Trinajstić information content (AvgIpc) is 3.21. The number of carbonyl (C=O) groups excluding carboxylic acids is 1. The number of hydrogen-bond donors (Lipinski definition) is 0. The van der Waals surface area contributed by atoms with Crippen molar-refractivity contribution in [2.75, 3.05) is 0 Å². The lowest BCUT2D eigenvalue weighted by Gasteiger charge is -2.06. The van der Waals surface area contributed by atoms with Gasteiger partial charge in [-0.15, -0.1) is 11.3 Å². The molecule has 0 radical (unpaired) electrons. The fourth-order valence-corrected chi connectivity index (χ4v) is 4.28.